The lowest BCUT2D eigenvalue weighted by atomic mass is 10.3. The van der Waals surface area contributed by atoms with Crippen molar-refractivity contribution in [1.29, 1.82) is 0 Å². The molecule has 0 bridgehead atoms. The molecule has 0 unspecified atom stereocenters. The highest BCUT2D eigenvalue weighted by Crippen LogP contribution is 1.81. The van der Waals surface area contributed by atoms with Crippen LogP contribution in [0, 0.1) is 5.92 Å². The van der Waals surface area contributed by atoms with Crippen LogP contribution in [0.1, 0.15) is 20.8 Å². The van der Waals surface area contributed by atoms with Crippen molar-refractivity contribution in [1.82, 2.24) is 10.2 Å². The third-order valence-electron chi connectivity index (χ3n) is 0.809. The Hall–Kier alpha value is -0.0800. The van der Waals surface area contributed by atoms with Gasteiger partial charge in [0.15, 0.2) is 0 Å². The molecule has 0 aromatic carbocycles. The highest BCUT2D eigenvalue weighted by atomic mass is 15.1. The van der Waals surface area contributed by atoms with Gasteiger partial charge < -0.3 is 10.2 Å². The van der Waals surface area contributed by atoms with Gasteiger partial charge in [-0.15, -0.1) is 0 Å². The van der Waals surface area contributed by atoms with E-state index in [1.807, 2.05) is 7.05 Å². The smallest absolute Gasteiger partial charge is 0.0101 e. The Labute approximate surface area is 72.0 Å². The fourth-order valence-electron chi connectivity index (χ4n) is 0.335. The van der Waals surface area contributed by atoms with E-state index in [-0.39, 0.29) is 0 Å². The van der Waals surface area contributed by atoms with Crippen LogP contribution in [-0.4, -0.2) is 39.1 Å². The monoisotopic (exact) mass is 160 g/mol. The van der Waals surface area contributed by atoms with Crippen molar-refractivity contribution >= 4 is 0 Å². The molecule has 0 rings (SSSR count). The molecule has 0 aliphatic carbocycles. The van der Waals surface area contributed by atoms with Crippen LogP contribution in [0.3, 0.4) is 0 Å². The molecule has 0 aromatic rings. The molecule has 0 aliphatic heterocycles. The van der Waals surface area contributed by atoms with Gasteiger partial charge in [0.2, 0.25) is 0 Å². The molecule has 1 N–H and O–H groups in total. The maximum absolute atomic E-state index is 3.06. The summed E-state index contributed by atoms with van der Waals surface area (Å²) < 4.78 is 0. The summed E-state index contributed by atoms with van der Waals surface area (Å²) in [6.45, 7) is 8.70. The van der Waals surface area contributed by atoms with Crippen molar-refractivity contribution in [2.45, 2.75) is 20.8 Å². The summed E-state index contributed by atoms with van der Waals surface area (Å²) >= 11 is 0. The molecule has 0 spiro atoms. The molecule has 0 atom stereocenters. The lowest BCUT2D eigenvalue weighted by molar-refractivity contribution is 0.407. The van der Waals surface area contributed by atoms with E-state index >= 15 is 0 Å². The second-order valence-corrected chi connectivity index (χ2v) is 3.64. The first kappa shape index (κ1) is 13.5. The molecule has 0 fully saturated rings. The summed E-state index contributed by atoms with van der Waals surface area (Å²) in [5.41, 5.74) is 0. The molecule has 0 heterocycles. The second-order valence-electron chi connectivity index (χ2n) is 3.64. The van der Waals surface area contributed by atoms with Gasteiger partial charge in [0, 0.05) is 13.1 Å². The summed E-state index contributed by atoms with van der Waals surface area (Å²) in [6, 6.07) is 0. The number of hydrogen-bond acceptors (Lipinski definition) is 2. The highest BCUT2D eigenvalue weighted by Gasteiger charge is 1.82. The summed E-state index contributed by atoms with van der Waals surface area (Å²) in [5, 5.41) is 3.06. The largest absolute Gasteiger partial charge is 0.318 e. The van der Waals surface area contributed by atoms with Crippen LogP contribution in [0.5, 0.6) is 0 Å². The lowest BCUT2D eigenvalue weighted by Gasteiger charge is -2.06. The van der Waals surface area contributed by atoms with E-state index in [2.05, 4.69) is 45.1 Å². The Morgan fingerprint density at radius 2 is 1.55 bits per heavy atom. The molecule has 0 saturated heterocycles. The molecule has 2 nitrogen and oxygen atoms in total. The van der Waals surface area contributed by atoms with E-state index in [9.17, 15) is 0 Å². The predicted molar refractivity (Wildman–Crippen MR) is 53.0 cm³/mol. The summed E-state index contributed by atoms with van der Waals surface area (Å²) in [5.74, 6) is 0.833. The fraction of sp³-hybridized carbons (Fsp3) is 1.00. The van der Waals surface area contributed by atoms with Crippen molar-refractivity contribution < 1.29 is 0 Å². The Bertz CT molecular complexity index is 57.8. The summed E-state index contributed by atoms with van der Waals surface area (Å²) in [7, 11) is 6.10. The van der Waals surface area contributed by atoms with Gasteiger partial charge in [-0.3, -0.25) is 0 Å². The standard InChI is InChI=1S/C5H14N2.C4H10/c1-6-4-5-7(2)3;1-4(2)3/h6H,4-5H2,1-3H3;4H,1-3H3. The molecule has 0 aliphatic rings. The molecular formula is C9H24N2. The average molecular weight is 160 g/mol. The SMILES string of the molecule is CC(C)C.CNCCN(C)C. The predicted octanol–water partition coefficient (Wildman–Crippen LogP) is 1.43. The molecule has 11 heavy (non-hydrogen) atoms. The molecule has 0 amide bonds. The number of hydrogen-bond donors (Lipinski definition) is 1. The number of nitrogens with zero attached hydrogens (tertiary/aromatic N) is 1. The highest BCUT2D eigenvalue weighted by molar-refractivity contribution is 4.42. The van der Waals surface area contributed by atoms with Crippen LogP contribution in [-0.2, 0) is 0 Å². The van der Waals surface area contributed by atoms with Crippen LogP contribution in [0.4, 0.5) is 0 Å². The third-order valence-corrected chi connectivity index (χ3v) is 0.809. The average Bonchev–Trinajstić information content (AvgIpc) is 1.82. The van der Waals surface area contributed by atoms with Gasteiger partial charge in [0.25, 0.3) is 0 Å². The Morgan fingerprint density at radius 1 is 1.18 bits per heavy atom. The van der Waals surface area contributed by atoms with Gasteiger partial charge >= 0.3 is 0 Å². The van der Waals surface area contributed by atoms with Crippen molar-refractivity contribution in [2.75, 3.05) is 34.2 Å². The molecule has 2 heteroatoms. The minimum Gasteiger partial charge on any atom is -0.318 e. The zero-order chi connectivity index (χ0) is 9.28. The van der Waals surface area contributed by atoms with Crippen molar-refractivity contribution in [3.8, 4) is 0 Å². The number of likely N-dealkylation sites (N-methyl/N-ethyl adjacent to an activating group) is 2. The Balaban J connectivity index is 0. The molecule has 70 valence electrons. The molecule has 0 saturated carbocycles. The van der Waals surface area contributed by atoms with Crippen LogP contribution in [0.15, 0.2) is 0 Å². The number of nitrogens with one attached hydrogen (secondary N) is 1. The van der Waals surface area contributed by atoms with E-state index in [0.29, 0.717) is 0 Å². The Morgan fingerprint density at radius 3 is 1.64 bits per heavy atom. The van der Waals surface area contributed by atoms with Crippen LogP contribution in [0.2, 0.25) is 0 Å². The van der Waals surface area contributed by atoms with E-state index < -0.39 is 0 Å². The van der Waals surface area contributed by atoms with Gasteiger partial charge in [0.05, 0.1) is 0 Å². The van der Waals surface area contributed by atoms with Crippen LogP contribution >= 0.6 is 0 Å². The minimum atomic E-state index is 0.833. The van der Waals surface area contributed by atoms with Gasteiger partial charge in [0.1, 0.15) is 0 Å². The lowest BCUT2D eigenvalue weighted by Crippen LogP contribution is -2.23. The van der Waals surface area contributed by atoms with E-state index in [1.54, 1.807) is 0 Å². The maximum Gasteiger partial charge on any atom is 0.0101 e. The summed E-state index contributed by atoms with van der Waals surface area (Å²) in [6.07, 6.45) is 0. The van der Waals surface area contributed by atoms with Crippen LogP contribution < -0.4 is 5.32 Å². The Kier molecular flexibility index (Phi) is 12.2. The third kappa shape index (κ3) is 40.5. The molecular weight excluding hydrogens is 136 g/mol. The first-order valence-electron chi connectivity index (χ1n) is 4.30. The molecule has 0 radical (unpaired) electrons. The van der Waals surface area contributed by atoms with E-state index in [4.69, 9.17) is 0 Å². The van der Waals surface area contributed by atoms with E-state index in [0.717, 1.165) is 19.0 Å². The van der Waals surface area contributed by atoms with Gasteiger partial charge in [-0.25, -0.2) is 0 Å². The topological polar surface area (TPSA) is 15.3 Å². The quantitative estimate of drug-likeness (QED) is 0.672. The first-order valence-corrected chi connectivity index (χ1v) is 4.30. The van der Waals surface area contributed by atoms with Crippen molar-refractivity contribution in [3.63, 3.8) is 0 Å². The van der Waals surface area contributed by atoms with Gasteiger partial charge in [-0.2, -0.15) is 0 Å². The number of rotatable bonds is 3. The van der Waals surface area contributed by atoms with Crippen LogP contribution in [0.25, 0.3) is 0 Å². The summed E-state index contributed by atoms with van der Waals surface area (Å²) in [4.78, 5) is 2.15. The zero-order valence-corrected chi connectivity index (χ0v) is 8.94. The van der Waals surface area contributed by atoms with Gasteiger partial charge in [-0.1, -0.05) is 20.8 Å². The van der Waals surface area contributed by atoms with E-state index in [1.165, 1.54) is 0 Å². The van der Waals surface area contributed by atoms with Gasteiger partial charge in [-0.05, 0) is 27.1 Å². The fourth-order valence-corrected chi connectivity index (χ4v) is 0.335. The van der Waals surface area contributed by atoms with Crippen molar-refractivity contribution in [3.05, 3.63) is 0 Å². The normalized spacial score (nSPS) is 9.82. The molecule has 0 aromatic heterocycles. The van der Waals surface area contributed by atoms with Crippen molar-refractivity contribution in [2.24, 2.45) is 5.92 Å². The first-order chi connectivity index (χ1) is 5.00. The second kappa shape index (κ2) is 9.92. The minimum absolute atomic E-state index is 0.833. The maximum atomic E-state index is 3.06. The zero-order valence-electron chi connectivity index (χ0n) is 8.94.